The van der Waals surface area contributed by atoms with Crippen LogP contribution in [0.1, 0.15) is 86.4 Å². The lowest BCUT2D eigenvalue weighted by atomic mass is 9.81. The van der Waals surface area contributed by atoms with E-state index in [4.69, 9.17) is 9.72 Å². The van der Waals surface area contributed by atoms with Crippen molar-refractivity contribution in [3.05, 3.63) is 82.4 Å². The van der Waals surface area contributed by atoms with Gasteiger partial charge in [0.25, 0.3) is 5.91 Å². The standard InChI is InChI=1S/C35H44FN3O4/c1-22-28(25-10-12-26(13-11-25)32(40)37-19-16-24-8-14-27(36)15-9-24)30(39-20-17-35(6,7)18-21-39)29(23(2)38-22)31(33(41)42)43-34(3,4)5/h8-15,31H,16-21H2,1-7H3,(H,37,40)(H,41,42)/t31-/m0/s1. The number of nitrogens with zero attached hydrogens (tertiary/aromatic N) is 2. The summed E-state index contributed by atoms with van der Waals surface area (Å²) in [6.07, 6.45) is 1.35. The van der Waals surface area contributed by atoms with Crippen LogP contribution in [0.25, 0.3) is 11.1 Å². The molecule has 7 nitrogen and oxygen atoms in total. The van der Waals surface area contributed by atoms with Crippen LogP contribution in [0.5, 0.6) is 0 Å². The molecule has 0 radical (unpaired) electrons. The van der Waals surface area contributed by atoms with E-state index in [1.807, 2.05) is 46.8 Å². The number of hydrogen-bond acceptors (Lipinski definition) is 5. The molecule has 0 unspecified atom stereocenters. The Balaban J connectivity index is 1.70. The summed E-state index contributed by atoms with van der Waals surface area (Å²) in [5.74, 6) is -1.54. The Kier molecular flexibility index (Phi) is 9.60. The predicted octanol–water partition coefficient (Wildman–Crippen LogP) is 7.04. The Morgan fingerprint density at radius 3 is 2.19 bits per heavy atom. The number of aryl methyl sites for hydroxylation is 2. The van der Waals surface area contributed by atoms with Crippen molar-refractivity contribution in [3.8, 4) is 11.1 Å². The number of carboxylic acids is 1. The normalized spacial score (nSPS) is 15.7. The number of benzene rings is 2. The van der Waals surface area contributed by atoms with Crippen LogP contribution in [-0.4, -0.2) is 47.2 Å². The number of pyridine rings is 1. The third kappa shape index (κ3) is 7.99. The fourth-order valence-electron chi connectivity index (χ4n) is 5.62. The van der Waals surface area contributed by atoms with Crippen LogP contribution in [0.3, 0.4) is 0 Å². The zero-order valence-corrected chi connectivity index (χ0v) is 26.4. The number of carbonyl (C=O) groups excluding carboxylic acids is 1. The largest absolute Gasteiger partial charge is 0.479 e. The van der Waals surface area contributed by atoms with E-state index >= 15 is 0 Å². The summed E-state index contributed by atoms with van der Waals surface area (Å²) in [6, 6.07) is 13.6. The molecule has 0 saturated carbocycles. The smallest absolute Gasteiger partial charge is 0.337 e. The molecule has 1 fully saturated rings. The number of hydrogen-bond donors (Lipinski definition) is 2. The number of piperidine rings is 1. The number of aromatic nitrogens is 1. The summed E-state index contributed by atoms with van der Waals surface area (Å²) >= 11 is 0. The number of carbonyl (C=O) groups is 2. The third-order valence-electron chi connectivity index (χ3n) is 8.02. The maximum atomic E-state index is 13.2. The maximum Gasteiger partial charge on any atom is 0.337 e. The minimum Gasteiger partial charge on any atom is -0.479 e. The lowest BCUT2D eigenvalue weighted by Crippen LogP contribution is -2.39. The van der Waals surface area contributed by atoms with Crippen LogP contribution in [0.2, 0.25) is 0 Å². The average Bonchev–Trinajstić information content (AvgIpc) is 2.92. The summed E-state index contributed by atoms with van der Waals surface area (Å²) in [5.41, 5.74) is 5.52. The van der Waals surface area contributed by atoms with E-state index < -0.39 is 17.7 Å². The number of amides is 1. The minimum atomic E-state index is -1.19. The lowest BCUT2D eigenvalue weighted by molar-refractivity contribution is -0.160. The molecule has 2 heterocycles. The van der Waals surface area contributed by atoms with E-state index in [1.165, 1.54) is 12.1 Å². The molecule has 0 bridgehead atoms. The summed E-state index contributed by atoms with van der Waals surface area (Å²) in [6.45, 7) is 15.9. The van der Waals surface area contributed by atoms with Gasteiger partial charge < -0.3 is 20.1 Å². The highest BCUT2D eigenvalue weighted by molar-refractivity contribution is 5.95. The first-order valence-electron chi connectivity index (χ1n) is 14.9. The zero-order chi connectivity index (χ0) is 31.5. The van der Waals surface area contributed by atoms with Crippen molar-refractivity contribution in [2.45, 2.75) is 79.4 Å². The molecule has 0 spiro atoms. The summed E-state index contributed by atoms with van der Waals surface area (Å²) in [4.78, 5) is 32.7. The van der Waals surface area contributed by atoms with Gasteiger partial charge >= 0.3 is 5.97 Å². The molecule has 1 amide bonds. The topological polar surface area (TPSA) is 91.8 Å². The molecule has 43 heavy (non-hydrogen) atoms. The molecule has 3 aromatic rings. The molecule has 2 aromatic carbocycles. The van der Waals surface area contributed by atoms with Gasteiger partial charge in [-0.15, -0.1) is 0 Å². The van der Waals surface area contributed by atoms with Gasteiger partial charge in [-0.2, -0.15) is 0 Å². The van der Waals surface area contributed by atoms with Crippen molar-refractivity contribution >= 4 is 17.6 Å². The van der Waals surface area contributed by atoms with Crippen LogP contribution in [0.4, 0.5) is 10.1 Å². The third-order valence-corrected chi connectivity index (χ3v) is 8.02. The van der Waals surface area contributed by atoms with Gasteiger partial charge in [-0.25, -0.2) is 9.18 Å². The molecule has 1 atom stereocenters. The van der Waals surface area contributed by atoms with Crippen LogP contribution in [0.15, 0.2) is 48.5 Å². The second-order valence-corrected chi connectivity index (χ2v) is 13.2. The van der Waals surface area contributed by atoms with Gasteiger partial charge in [0, 0.05) is 47.7 Å². The van der Waals surface area contributed by atoms with Crippen molar-refractivity contribution in [2.24, 2.45) is 5.41 Å². The summed E-state index contributed by atoms with van der Waals surface area (Å²) < 4.78 is 19.3. The minimum absolute atomic E-state index is 0.198. The number of halogens is 1. The van der Waals surface area contributed by atoms with Crippen molar-refractivity contribution in [3.63, 3.8) is 0 Å². The molecule has 1 aliphatic rings. The Morgan fingerprint density at radius 2 is 1.63 bits per heavy atom. The van der Waals surface area contributed by atoms with E-state index in [-0.39, 0.29) is 17.1 Å². The summed E-state index contributed by atoms with van der Waals surface area (Å²) in [5, 5.41) is 13.3. The molecule has 1 aliphatic heterocycles. The van der Waals surface area contributed by atoms with Gasteiger partial charge in [0.05, 0.1) is 11.3 Å². The molecule has 4 rings (SSSR count). The van der Waals surface area contributed by atoms with E-state index in [0.717, 1.165) is 54.0 Å². The number of carboxylic acid groups (broad SMARTS) is 1. The van der Waals surface area contributed by atoms with Gasteiger partial charge in [0.15, 0.2) is 6.10 Å². The van der Waals surface area contributed by atoms with Crippen molar-refractivity contribution in [2.75, 3.05) is 24.5 Å². The number of nitrogens with one attached hydrogen (secondary N) is 1. The highest BCUT2D eigenvalue weighted by Gasteiger charge is 2.36. The number of aliphatic carboxylic acids is 1. The van der Waals surface area contributed by atoms with Gasteiger partial charge in [-0.05, 0) is 94.7 Å². The molecule has 0 aliphatic carbocycles. The van der Waals surface area contributed by atoms with Gasteiger partial charge in [-0.3, -0.25) is 9.78 Å². The number of anilines is 1. The summed E-state index contributed by atoms with van der Waals surface area (Å²) in [7, 11) is 0. The van der Waals surface area contributed by atoms with Crippen LogP contribution in [-0.2, 0) is 16.0 Å². The number of ether oxygens (including phenoxy) is 1. The van der Waals surface area contributed by atoms with E-state index in [2.05, 4.69) is 24.1 Å². The molecule has 2 N–H and O–H groups in total. The molecular weight excluding hydrogens is 545 g/mol. The van der Waals surface area contributed by atoms with E-state index in [0.29, 0.717) is 29.8 Å². The van der Waals surface area contributed by atoms with Gasteiger partial charge in [-0.1, -0.05) is 38.1 Å². The van der Waals surface area contributed by atoms with Crippen molar-refractivity contribution in [1.82, 2.24) is 10.3 Å². The number of rotatable bonds is 9. The average molecular weight is 590 g/mol. The Labute approximate surface area is 254 Å². The first-order valence-corrected chi connectivity index (χ1v) is 14.9. The Morgan fingerprint density at radius 1 is 1.02 bits per heavy atom. The molecule has 1 aromatic heterocycles. The highest BCUT2D eigenvalue weighted by atomic mass is 19.1. The highest BCUT2D eigenvalue weighted by Crippen LogP contribution is 2.44. The second-order valence-electron chi connectivity index (χ2n) is 13.2. The van der Waals surface area contributed by atoms with Crippen LogP contribution >= 0.6 is 0 Å². The molecular formula is C35H44FN3O4. The van der Waals surface area contributed by atoms with Crippen molar-refractivity contribution < 1.29 is 23.8 Å². The van der Waals surface area contributed by atoms with Crippen LogP contribution < -0.4 is 10.2 Å². The van der Waals surface area contributed by atoms with E-state index in [1.54, 1.807) is 24.3 Å². The first-order chi connectivity index (χ1) is 20.1. The molecule has 1 saturated heterocycles. The van der Waals surface area contributed by atoms with Gasteiger partial charge in [0.2, 0.25) is 0 Å². The van der Waals surface area contributed by atoms with E-state index in [9.17, 15) is 19.1 Å². The van der Waals surface area contributed by atoms with Crippen LogP contribution in [0, 0.1) is 25.1 Å². The van der Waals surface area contributed by atoms with Gasteiger partial charge in [0.1, 0.15) is 5.82 Å². The predicted molar refractivity (Wildman–Crippen MR) is 168 cm³/mol. The SMILES string of the molecule is Cc1nc(C)c([C@H](OC(C)(C)C)C(=O)O)c(N2CCC(C)(C)CC2)c1-c1ccc(C(=O)NCCc2ccc(F)cc2)cc1. The first kappa shape index (κ1) is 32.1. The Bertz CT molecular complexity index is 1450. The fourth-order valence-corrected chi connectivity index (χ4v) is 5.62. The molecule has 230 valence electrons. The monoisotopic (exact) mass is 589 g/mol. The zero-order valence-electron chi connectivity index (χ0n) is 26.4. The second kappa shape index (κ2) is 12.8. The van der Waals surface area contributed by atoms with Crippen molar-refractivity contribution in [1.29, 1.82) is 0 Å². The maximum absolute atomic E-state index is 13.2. The quantitative estimate of drug-likeness (QED) is 0.278. The Hall–Kier alpha value is -3.78. The fraction of sp³-hybridized carbons (Fsp3) is 0.457. The lowest BCUT2D eigenvalue weighted by Gasteiger charge is -2.41. The molecule has 8 heteroatoms.